The van der Waals surface area contributed by atoms with Crippen LogP contribution in [-0.4, -0.2) is 67.8 Å². The number of benzene rings is 3. The van der Waals surface area contributed by atoms with Crippen LogP contribution in [0.25, 0.3) is 16.9 Å². The molecule has 5 rings (SSSR count). The van der Waals surface area contributed by atoms with Crippen LogP contribution in [0.15, 0.2) is 72.8 Å². The van der Waals surface area contributed by atoms with E-state index in [-0.39, 0.29) is 0 Å². The van der Waals surface area contributed by atoms with E-state index in [0.29, 0.717) is 31.1 Å². The predicted octanol–water partition coefficient (Wildman–Crippen LogP) is 5.32. The van der Waals surface area contributed by atoms with Crippen LogP contribution in [0.5, 0.6) is 0 Å². The SMILES string of the molecule is COCCN1C[C@@H](NC(=O)Nc2c(C)c(-c3cccc(N(C)C)c3)nn2-c2ccccc2)[C@H](c2ccc(F)c(F)c2)O1. The molecule has 1 aliphatic rings. The minimum Gasteiger partial charge on any atom is -0.383 e. The summed E-state index contributed by atoms with van der Waals surface area (Å²) in [5, 5.41) is 12.5. The van der Waals surface area contributed by atoms with Gasteiger partial charge in [0.15, 0.2) is 11.6 Å². The number of carbonyl (C=O) groups excluding carboxylic acids is 1. The van der Waals surface area contributed by atoms with E-state index in [0.717, 1.165) is 40.3 Å². The summed E-state index contributed by atoms with van der Waals surface area (Å²) >= 11 is 0. The number of halogens is 2. The molecule has 0 radical (unpaired) electrons. The molecule has 220 valence electrons. The lowest BCUT2D eigenvalue weighted by Crippen LogP contribution is -2.42. The zero-order valence-electron chi connectivity index (χ0n) is 24.0. The van der Waals surface area contributed by atoms with Crippen molar-refractivity contribution in [1.82, 2.24) is 20.2 Å². The summed E-state index contributed by atoms with van der Waals surface area (Å²) in [6, 6.07) is 20.1. The number of para-hydroxylation sites is 1. The first-order valence-corrected chi connectivity index (χ1v) is 13.6. The highest BCUT2D eigenvalue weighted by molar-refractivity contribution is 5.91. The van der Waals surface area contributed by atoms with Gasteiger partial charge in [-0.3, -0.25) is 10.2 Å². The minimum atomic E-state index is -0.983. The smallest absolute Gasteiger partial charge is 0.320 e. The molecular formula is C31H34F2N6O3. The number of anilines is 2. The van der Waals surface area contributed by atoms with Gasteiger partial charge >= 0.3 is 6.03 Å². The monoisotopic (exact) mass is 576 g/mol. The molecule has 1 fully saturated rings. The van der Waals surface area contributed by atoms with E-state index < -0.39 is 29.8 Å². The Morgan fingerprint density at radius 3 is 2.57 bits per heavy atom. The number of hydrogen-bond acceptors (Lipinski definition) is 6. The Morgan fingerprint density at radius 2 is 1.86 bits per heavy atom. The van der Waals surface area contributed by atoms with Crippen molar-refractivity contribution in [2.45, 2.75) is 19.1 Å². The third-order valence-electron chi connectivity index (χ3n) is 7.15. The molecule has 4 aromatic rings. The van der Waals surface area contributed by atoms with Crippen molar-refractivity contribution in [2.24, 2.45) is 0 Å². The van der Waals surface area contributed by atoms with Gasteiger partial charge in [0.25, 0.3) is 0 Å². The van der Waals surface area contributed by atoms with E-state index in [1.54, 1.807) is 16.9 Å². The van der Waals surface area contributed by atoms with Gasteiger partial charge in [0.1, 0.15) is 11.9 Å². The lowest BCUT2D eigenvalue weighted by molar-refractivity contribution is -0.154. The number of ether oxygens (including phenoxy) is 1. The second kappa shape index (κ2) is 12.7. The standard InChI is InChI=1S/C31H34F2N6O3/c1-20-28(21-9-8-12-24(17-21)37(2)3)36-39(23-10-6-5-7-11-23)30(20)35-31(40)34-27-19-38(15-16-41-4)42-29(27)22-13-14-25(32)26(33)18-22/h5-14,17-18,27,29H,15-16,19H2,1-4H3,(H2,34,35,40)/t27-,29+/m1/s1. The van der Waals surface area contributed by atoms with Gasteiger partial charge in [-0.15, -0.1) is 0 Å². The van der Waals surface area contributed by atoms with Gasteiger partial charge in [0.05, 0.1) is 24.0 Å². The van der Waals surface area contributed by atoms with Gasteiger partial charge in [0, 0.05) is 51.1 Å². The highest BCUT2D eigenvalue weighted by Crippen LogP contribution is 2.33. The summed E-state index contributed by atoms with van der Waals surface area (Å²) in [6.07, 6.45) is -0.729. The number of urea groups is 1. The third kappa shape index (κ3) is 6.28. The van der Waals surface area contributed by atoms with E-state index in [9.17, 15) is 13.6 Å². The maximum atomic E-state index is 14.1. The molecule has 0 unspecified atom stereocenters. The number of rotatable bonds is 9. The summed E-state index contributed by atoms with van der Waals surface area (Å²) < 4.78 is 34.6. The van der Waals surface area contributed by atoms with Crippen LogP contribution >= 0.6 is 0 Å². The van der Waals surface area contributed by atoms with Crippen molar-refractivity contribution < 1.29 is 23.1 Å². The van der Waals surface area contributed by atoms with Crippen molar-refractivity contribution in [2.75, 3.05) is 51.1 Å². The molecule has 2 amide bonds. The molecule has 0 saturated carbocycles. The molecule has 9 nitrogen and oxygen atoms in total. The first kappa shape index (κ1) is 29.2. The van der Waals surface area contributed by atoms with Crippen molar-refractivity contribution in [3.63, 3.8) is 0 Å². The van der Waals surface area contributed by atoms with Gasteiger partial charge in [-0.25, -0.2) is 18.3 Å². The molecule has 2 N–H and O–H groups in total. The number of carbonyl (C=O) groups is 1. The predicted molar refractivity (Wildman–Crippen MR) is 158 cm³/mol. The van der Waals surface area contributed by atoms with Gasteiger partial charge < -0.3 is 15.0 Å². The van der Waals surface area contributed by atoms with Crippen LogP contribution in [0.3, 0.4) is 0 Å². The maximum absolute atomic E-state index is 14.1. The quantitative estimate of drug-likeness (QED) is 0.281. The number of methoxy groups -OCH3 is 1. The number of amides is 2. The first-order chi connectivity index (χ1) is 20.2. The summed E-state index contributed by atoms with van der Waals surface area (Å²) in [5.41, 5.74) is 4.64. The molecule has 1 aromatic heterocycles. The van der Waals surface area contributed by atoms with Crippen LogP contribution in [0.1, 0.15) is 17.2 Å². The summed E-state index contributed by atoms with van der Waals surface area (Å²) in [7, 11) is 5.53. The second-order valence-electron chi connectivity index (χ2n) is 10.3. The van der Waals surface area contributed by atoms with Crippen LogP contribution in [-0.2, 0) is 9.57 Å². The van der Waals surface area contributed by atoms with E-state index in [2.05, 4.69) is 10.6 Å². The molecule has 0 bridgehead atoms. The lowest BCUT2D eigenvalue weighted by Gasteiger charge is -2.20. The number of nitrogens with one attached hydrogen (secondary N) is 2. The van der Waals surface area contributed by atoms with E-state index in [4.69, 9.17) is 14.7 Å². The average molecular weight is 577 g/mol. The zero-order valence-corrected chi connectivity index (χ0v) is 24.0. The molecule has 1 saturated heterocycles. The number of nitrogens with zero attached hydrogens (tertiary/aromatic N) is 4. The number of hydrogen-bond donors (Lipinski definition) is 2. The summed E-state index contributed by atoms with van der Waals surface area (Å²) in [4.78, 5) is 21.5. The largest absolute Gasteiger partial charge is 0.383 e. The Hall–Kier alpha value is -4.32. The fraction of sp³-hybridized carbons (Fsp3) is 0.290. The topological polar surface area (TPSA) is 83.9 Å². The van der Waals surface area contributed by atoms with Gasteiger partial charge in [-0.2, -0.15) is 10.2 Å². The number of aromatic nitrogens is 2. The summed E-state index contributed by atoms with van der Waals surface area (Å²) in [5.74, 6) is -1.43. The van der Waals surface area contributed by atoms with Crippen molar-refractivity contribution in [1.29, 1.82) is 0 Å². The lowest BCUT2D eigenvalue weighted by atomic mass is 10.0. The molecule has 2 heterocycles. The molecule has 11 heteroatoms. The van der Waals surface area contributed by atoms with Crippen LogP contribution in [0, 0.1) is 18.6 Å². The highest BCUT2D eigenvalue weighted by atomic mass is 19.2. The van der Waals surface area contributed by atoms with Crippen LogP contribution in [0.2, 0.25) is 0 Å². The Kier molecular flexibility index (Phi) is 8.81. The van der Waals surface area contributed by atoms with Gasteiger partial charge in [0.2, 0.25) is 0 Å². The molecular weight excluding hydrogens is 542 g/mol. The molecule has 1 aliphatic heterocycles. The van der Waals surface area contributed by atoms with Crippen LogP contribution in [0.4, 0.5) is 25.1 Å². The minimum absolute atomic E-state index is 0.319. The Labute approximate surface area is 243 Å². The van der Waals surface area contributed by atoms with Gasteiger partial charge in [-0.1, -0.05) is 36.4 Å². The molecule has 42 heavy (non-hydrogen) atoms. The second-order valence-corrected chi connectivity index (χ2v) is 10.3. The van der Waals surface area contributed by atoms with E-state index >= 15 is 0 Å². The normalized spacial score (nSPS) is 16.9. The van der Waals surface area contributed by atoms with Crippen molar-refractivity contribution in [3.8, 4) is 16.9 Å². The van der Waals surface area contributed by atoms with Crippen LogP contribution < -0.4 is 15.5 Å². The van der Waals surface area contributed by atoms with Crippen molar-refractivity contribution >= 4 is 17.5 Å². The van der Waals surface area contributed by atoms with Crippen molar-refractivity contribution in [3.05, 3.63) is 95.6 Å². The van der Waals surface area contributed by atoms with E-state index in [1.807, 2.05) is 80.5 Å². The zero-order chi connectivity index (χ0) is 29.8. The average Bonchev–Trinajstić information content (AvgIpc) is 3.54. The Balaban J connectivity index is 1.44. The Bertz CT molecular complexity index is 1550. The summed E-state index contributed by atoms with van der Waals surface area (Å²) in [6.45, 7) is 3.07. The third-order valence-corrected chi connectivity index (χ3v) is 7.15. The molecule has 0 spiro atoms. The Morgan fingerprint density at radius 1 is 1.07 bits per heavy atom. The molecule has 2 atom stereocenters. The van der Waals surface area contributed by atoms with E-state index in [1.165, 1.54) is 6.07 Å². The fourth-order valence-electron chi connectivity index (χ4n) is 4.95. The number of hydroxylamine groups is 2. The molecule has 3 aromatic carbocycles. The molecule has 0 aliphatic carbocycles. The first-order valence-electron chi connectivity index (χ1n) is 13.6. The van der Waals surface area contributed by atoms with Gasteiger partial charge in [-0.05, 0) is 48.9 Å². The highest BCUT2D eigenvalue weighted by Gasteiger charge is 2.37. The maximum Gasteiger partial charge on any atom is 0.320 e. The fourth-order valence-corrected chi connectivity index (χ4v) is 4.95.